The fourth-order valence-corrected chi connectivity index (χ4v) is 3.81. The van der Waals surface area contributed by atoms with E-state index in [4.69, 9.17) is 4.74 Å². The standard InChI is InChI=1S/C20H23N3O6S/c1-5-9-21-18(25)16-12(4)15(20(26)29-6-2)19(30-16)22-17(24)13-8-7-11(3)14(10-13)23(27)28/h7-8,10H,5-6,9H2,1-4H3,(H,21,25)(H,22,24). The van der Waals surface area contributed by atoms with Crippen molar-refractivity contribution in [3.63, 3.8) is 0 Å². The lowest BCUT2D eigenvalue weighted by molar-refractivity contribution is -0.385. The minimum atomic E-state index is -0.661. The predicted molar refractivity (Wildman–Crippen MR) is 113 cm³/mol. The fraction of sp³-hybridized carbons (Fsp3) is 0.350. The largest absolute Gasteiger partial charge is 0.462 e. The topological polar surface area (TPSA) is 128 Å². The number of hydrogen-bond acceptors (Lipinski definition) is 7. The van der Waals surface area contributed by atoms with Gasteiger partial charge in [-0.25, -0.2) is 4.79 Å². The van der Waals surface area contributed by atoms with Gasteiger partial charge in [-0.05, 0) is 38.8 Å². The van der Waals surface area contributed by atoms with Crippen LogP contribution in [-0.4, -0.2) is 35.9 Å². The molecule has 0 fully saturated rings. The third-order valence-corrected chi connectivity index (χ3v) is 5.47. The number of anilines is 1. The smallest absolute Gasteiger partial charge is 0.341 e. The number of carbonyl (C=O) groups excluding carboxylic acids is 3. The van der Waals surface area contributed by atoms with Crippen LogP contribution in [-0.2, 0) is 4.74 Å². The summed E-state index contributed by atoms with van der Waals surface area (Å²) in [6.07, 6.45) is 0.747. The zero-order valence-corrected chi connectivity index (χ0v) is 18.0. The van der Waals surface area contributed by atoms with Crippen LogP contribution in [0.5, 0.6) is 0 Å². The van der Waals surface area contributed by atoms with Crippen LogP contribution in [0.3, 0.4) is 0 Å². The fourth-order valence-electron chi connectivity index (χ4n) is 2.71. The maximum Gasteiger partial charge on any atom is 0.341 e. The summed E-state index contributed by atoms with van der Waals surface area (Å²) in [7, 11) is 0. The summed E-state index contributed by atoms with van der Waals surface area (Å²) in [4.78, 5) is 48.5. The van der Waals surface area contributed by atoms with E-state index >= 15 is 0 Å². The number of aryl methyl sites for hydroxylation is 1. The van der Waals surface area contributed by atoms with Crippen molar-refractivity contribution in [2.24, 2.45) is 0 Å². The molecule has 2 amide bonds. The molecule has 0 spiro atoms. The molecule has 1 heterocycles. The Balaban J connectivity index is 2.43. The Kier molecular flexibility index (Phi) is 7.65. The van der Waals surface area contributed by atoms with Gasteiger partial charge < -0.3 is 15.4 Å². The van der Waals surface area contributed by atoms with Gasteiger partial charge in [-0.15, -0.1) is 11.3 Å². The summed E-state index contributed by atoms with van der Waals surface area (Å²) < 4.78 is 5.07. The lowest BCUT2D eigenvalue weighted by Crippen LogP contribution is -2.23. The van der Waals surface area contributed by atoms with Gasteiger partial charge in [-0.1, -0.05) is 13.0 Å². The van der Waals surface area contributed by atoms with Crippen molar-refractivity contribution >= 4 is 39.8 Å². The van der Waals surface area contributed by atoms with E-state index in [2.05, 4.69) is 10.6 Å². The molecule has 0 radical (unpaired) electrons. The molecule has 1 aromatic carbocycles. The minimum Gasteiger partial charge on any atom is -0.462 e. The van der Waals surface area contributed by atoms with Crippen LogP contribution >= 0.6 is 11.3 Å². The molecule has 0 unspecified atom stereocenters. The van der Waals surface area contributed by atoms with E-state index < -0.39 is 16.8 Å². The number of rotatable bonds is 8. The molecule has 1 aromatic heterocycles. The molecule has 30 heavy (non-hydrogen) atoms. The van der Waals surface area contributed by atoms with Crippen molar-refractivity contribution in [3.05, 3.63) is 55.4 Å². The highest BCUT2D eigenvalue weighted by atomic mass is 32.1. The zero-order valence-electron chi connectivity index (χ0n) is 17.2. The molecule has 9 nitrogen and oxygen atoms in total. The van der Waals surface area contributed by atoms with Crippen LogP contribution in [0.4, 0.5) is 10.7 Å². The first-order valence-electron chi connectivity index (χ1n) is 9.36. The monoisotopic (exact) mass is 433 g/mol. The normalized spacial score (nSPS) is 10.4. The van der Waals surface area contributed by atoms with E-state index in [1.54, 1.807) is 20.8 Å². The number of amides is 2. The molecule has 160 valence electrons. The molecule has 0 aliphatic carbocycles. The average molecular weight is 433 g/mol. The Labute approximate surface area is 177 Å². The SMILES string of the molecule is CCCNC(=O)c1sc(NC(=O)c2ccc(C)c([N+](=O)[O-])c2)c(C(=O)OCC)c1C. The molecule has 2 aromatic rings. The van der Waals surface area contributed by atoms with Crippen LogP contribution in [0.25, 0.3) is 0 Å². The highest BCUT2D eigenvalue weighted by molar-refractivity contribution is 7.18. The van der Waals surface area contributed by atoms with Crippen molar-refractivity contribution in [3.8, 4) is 0 Å². The molecule has 2 rings (SSSR count). The average Bonchev–Trinajstić information content (AvgIpc) is 3.02. The number of carbonyl (C=O) groups is 3. The van der Waals surface area contributed by atoms with Gasteiger partial charge in [0.15, 0.2) is 0 Å². The molecule has 0 atom stereocenters. The number of benzene rings is 1. The summed E-state index contributed by atoms with van der Waals surface area (Å²) in [5.74, 6) is -1.65. The van der Waals surface area contributed by atoms with Crippen molar-refractivity contribution in [2.45, 2.75) is 34.1 Å². The Hall–Kier alpha value is -3.27. The lowest BCUT2D eigenvalue weighted by atomic mass is 10.1. The summed E-state index contributed by atoms with van der Waals surface area (Å²) in [5.41, 5.74) is 0.793. The van der Waals surface area contributed by atoms with E-state index in [0.29, 0.717) is 17.7 Å². The number of thiophene rings is 1. The molecular weight excluding hydrogens is 410 g/mol. The van der Waals surface area contributed by atoms with E-state index in [9.17, 15) is 24.5 Å². The maximum absolute atomic E-state index is 12.7. The van der Waals surface area contributed by atoms with Gasteiger partial charge in [0.2, 0.25) is 0 Å². The van der Waals surface area contributed by atoms with Gasteiger partial charge in [0.25, 0.3) is 17.5 Å². The van der Waals surface area contributed by atoms with Gasteiger partial charge in [-0.2, -0.15) is 0 Å². The molecule has 0 bridgehead atoms. The predicted octanol–water partition coefficient (Wildman–Crippen LogP) is 3.84. The number of nitrogens with one attached hydrogen (secondary N) is 2. The second kappa shape index (κ2) is 9.97. The Bertz CT molecular complexity index is 999. The summed E-state index contributed by atoms with van der Waals surface area (Å²) in [6.45, 7) is 7.34. The summed E-state index contributed by atoms with van der Waals surface area (Å²) in [5, 5.41) is 16.6. The first-order valence-corrected chi connectivity index (χ1v) is 10.2. The van der Waals surface area contributed by atoms with E-state index in [1.165, 1.54) is 18.2 Å². The van der Waals surface area contributed by atoms with Gasteiger partial charge >= 0.3 is 5.97 Å². The summed E-state index contributed by atoms with van der Waals surface area (Å²) >= 11 is 0.957. The van der Waals surface area contributed by atoms with Crippen molar-refractivity contribution in [1.82, 2.24) is 5.32 Å². The second-order valence-electron chi connectivity index (χ2n) is 6.45. The Morgan fingerprint density at radius 1 is 1.17 bits per heavy atom. The van der Waals surface area contributed by atoms with Crippen LogP contribution in [0.2, 0.25) is 0 Å². The number of hydrogen-bond donors (Lipinski definition) is 2. The third-order valence-electron chi connectivity index (χ3n) is 4.26. The van der Waals surface area contributed by atoms with Crippen molar-refractivity contribution in [2.75, 3.05) is 18.5 Å². The van der Waals surface area contributed by atoms with Crippen molar-refractivity contribution in [1.29, 1.82) is 0 Å². The molecule has 0 aliphatic rings. The van der Waals surface area contributed by atoms with Gasteiger partial charge in [0.1, 0.15) is 5.00 Å². The number of ether oxygens (including phenoxy) is 1. The number of nitro benzene ring substituents is 1. The summed E-state index contributed by atoms with van der Waals surface area (Å²) in [6, 6.07) is 4.10. The van der Waals surface area contributed by atoms with Gasteiger partial charge in [-0.3, -0.25) is 19.7 Å². The molecular formula is C20H23N3O6S. The number of esters is 1. The second-order valence-corrected chi connectivity index (χ2v) is 7.47. The van der Waals surface area contributed by atoms with Crippen LogP contribution in [0.15, 0.2) is 18.2 Å². The van der Waals surface area contributed by atoms with E-state index in [1.807, 2.05) is 6.92 Å². The van der Waals surface area contributed by atoms with Gasteiger partial charge in [0, 0.05) is 23.7 Å². The molecule has 0 saturated heterocycles. The maximum atomic E-state index is 12.7. The first kappa shape index (κ1) is 23.0. The van der Waals surface area contributed by atoms with Crippen molar-refractivity contribution < 1.29 is 24.0 Å². The minimum absolute atomic E-state index is 0.0603. The van der Waals surface area contributed by atoms with Crippen LogP contribution in [0, 0.1) is 24.0 Å². The van der Waals surface area contributed by atoms with E-state index in [0.717, 1.165) is 17.8 Å². The number of nitro groups is 1. The number of nitrogens with zero attached hydrogens (tertiary/aromatic N) is 1. The molecule has 0 saturated carbocycles. The molecule has 0 aliphatic heterocycles. The first-order chi connectivity index (χ1) is 14.2. The van der Waals surface area contributed by atoms with E-state index in [-0.39, 0.29) is 39.2 Å². The lowest BCUT2D eigenvalue weighted by Gasteiger charge is -2.07. The Morgan fingerprint density at radius 3 is 2.47 bits per heavy atom. The quantitative estimate of drug-likeness (QED) is 0.370. The van der Waals surface area contributed by atoms with Crippen LogP contribution < -0.4 is 10.6 Å². The van der Waals surface area contributed by atoms with Crippen LogP contribution in [0.1, 0.15) is 61.8 Å². The van der Waals surface area contributed by atoms with Gasteiger partial charge in [0.05, 0.1) is 22.0 Å². The molecule has 10 heteroatoms. The molecule has 2 N–H and O–H groups in total. The zero-order chi connectivity index (χ0) is 22.4. The third kappa shape index (κ3) is 5.01. The highest BCUT2D eigenvalue weighted by Gasteiger charge is 2.27. The Morgan fingerprint density at radius 2 is 1.87 bits per heavy atom. The highest BCUT2D eigenvalue weighted by Crippen LogP contribution is 2.34.